The molecule has 0 saturated carbocycles. The van der Waals surface area contributed by atoms with Crippen LogP contribution in [0, 0.1) is 24.1 Å². The normalized spacial score (nSPS) is 9.83. The molecule has 18 heavy (non-hydrogen) atoms. The van der Waals surface area contributed by atoms with Crippen molar-refractivity contribution in [1.29, 1.82) is 5.26 Å². The third-order valence-electron chi connectivity index (χ3n) is 2.43. The van der Waals surface area contributed by atoms with E-state index in [0.29, 0.717) is 21.7 Å². The maximum atomic E-state index is 13.1. The zero-order chi connectivity index (χ0) is 13.1. The van der Waals surface area contributed by atoms with Crippen LogP contribution in [0.4, 0.5) is 9.39 Å². The van der Waals surface area contributed by atoms with Crippen LogP contribution < -0.4 is 5.32 Å². The van der Waals surface area contributed by atoms with E-state index < -0.39 is 0 Å². The number of benzene rings is 1. The highest BCUT2D eigenvalue weighted by atomic mass is 32.1. The smallest absolute Gasteiger partial charge is 0.256 e. The summed E-state index contributed by atoms with van der Waals surface area (Å²) >= 11 is 1.28. The molecule has 1 aromatic carbocycles. The second kappa shape index (κ2) is 4.98. The average Bonchev–Trinajstić information content (AvgIpc) is 2.79. The Labute approximate surface area is 107 Å². The number of hydrogen-bond acceptors (Lipinski definition) is 3. The molecule has 0 aliphatic carbocycles. The highest BCUT2D eigenvalue weighted by molar-refractivity contribution is 7.14. The molecule has 3 nitrogen and oxygen atoms in total. The number of carbonyl (C=O) groups is 1. The summed E-state index contributed by atoms with van der Waals surface area (Å²) in [6.07, 6.45) is 0. The molecule has 0 atom stereocenters. The van der Waals surface area contributed by atoms with E-state index in [4.69, 9.17) is 5.26 Å². The highest BCUT2D eigenvalue weighted by Crippen LogP contribution is 2.23. The third kappa shape index (κ3) is 2.39. The molecule has 1 heterocycles. The van der Waals surface area contributed by atoms with Crippen molar-refractivity contribution in [2.75, 3.05) is 5.32 Å². The maximum Gasteiger partial charge on any atom is 0.256 e. The molecule has 1 N–H and O–H groups in total. The Hall–Kier alpha value is -2.19. The fourth-order valence-electron chi connectivity index (χ4n) is 1.46. The van der Waals surface area contributed by atoms with Crippen molar-refractivity contribution < 1.29 is 9.18 Å². The molecule has 1 amide bonds. The van der Waals surface area contributed by atoms with Gasteiger partial charge >= 0.3 is 0 Å². The van der Waals surface area contributed by atoms with Gasteiger partial charge in [0, 0.05) is 5.56 Å². The van der Waals surface area contributed by atoms with E-state index >= 15 is 0 Å². The minimum absolute atomic E-state index is 0.347. The number of nitriles is 1. The predicted octanol–water partition coefficient (Wildman–Crippen LogP) is 3.32. The minimum atomic E-state index is -0.350. The van der Waals surface area contributed by atoms with E-state index in [1.165, 1.54) is 29.5 Å². The minimum Gasteiger partial charge on any atom is -0.312 e. The second-order valence-corrected chi connectivity index (χ2v) is 4.61. The lowest BCUT2D eigenvalue weighted by Gasteiger charge is -2.04. The van der Waals surface area contributed by atoms with Crippen molar-refractivity contribution in [3.05, 3.63) is 52.2 Å². The number of nitrogens with one attached hydrogen (secondary N) is 1. The Morgan fingerprint density at radius 1 is 1.44 bits per heavy atom. The standard InChI is InChI=1S/C13H9FN2OS/c1-8-6-9(2-3-11(8)14)12(17)16-13-10(7-15)4-5-18-13/h2-6H,1H3,(H,16,17). The van der Waals surface area contributed by atoms with Crippen LogP contribution >= 0.6 is 11.3 Å². The van der Waals surface area contributed by atoms with Crippen LogP contribution in [0.15, 0.2) is 29.6 Å². The molecule has 5 heteroatoms. The van der Waals surface area contributed by atoms with E-state index in [2.05, 4.69) is 5.32 Å². The summed E-state index contributed by atoms with van der Waals surface area (Å²) in [6.45, 7) is 1.60. The first kappa shape index (κ1) is 12.3. The SMILES string of the molecule is Cc1cc(C(=O)Nc2sccc2C#N)ccc1F. The summed E-state index contributed by atoms with van der Waals surface area (Å²) in [5.74, 6) is -0.697. The first-order valence-corrected chi connectivity index (χ1v) is 6.05. The third-order valence-corrected chi connectivity index (χ3v) is 3.26. The van der Waals surface area contributed by atoms with Gasteiger partial charge in [-0.1, -0.05) is 0 Å². The van der Waals surface area contributed by atoms with E-state index in [1.807, 2.05) is 6.07 Å². The summed E-state index contributed by atoms with van der Waals surface area (Å²) in [5, 5.41) is 13.7. The van der Waals surface area contributed by atoms with Gasteiger partial charge in [0.1, 0.15) is 16.9 Å². The van der Waals surface area contributed by atoms with Crippen LogP contribution in [-0.4, -0.2) is 5.91 Å². The van der Waals surface area contributed by atoms with Crippen molar-refractivity contribution in [3.63, 3.8) is 0 Å². The van der Waals surface area contributed by atoms with Crippen LogP contribution in [0.2, 0.25) is 0 Å². The molecule has 0 aliphatic heterocycles. The van der Waals surface area contributed by atoms with Crippen molar-refractivity contribution in [1.82, 2.24) is 0 Å². The number of carbonyl (C=O) groups excluding carboxylic acids is 1. The van der Waals surface area contributed by atoms with E-state index in [0.717, 1.165) is 0 Å². The lowest BCUT2D eigenvalue weighted by Crippen LogP contribution is -2.12. The Bertz CT molecular complexity index is 643. The Morgan fingerprint density at radius 3 is 2.89 bits per heavy atom. The molecule has 0 fully saturated rings. The summed E-state index contributed by atoms with van der Waals surface area (Å²) in [7, 11) is 0. The molecule has 0 saturated heterocycles. The lowest BCUT2D eigenvalue weighted by atomic mass is 10.1. The van der Waals surface area contributed by atoms with E-state index in [-0.39, 0.29) is 11.7 Å². The van der Waals surface area contributed by atoms with Crippen molar-refractivity contribution in [2.45, 2.75) is 6.92 Å². The number of aryl methyl sites for hydroxylation is 1. The molecule has 0 bridgehead atoms. The molecule has 0 radical (unpaired) electrons. The summed E-state index contributed by atoms with van der Waals surface area (Å²) < 4.78 is 13.1. The monoisotopic (exact) mass is 260 g/mol. The Morgan fingerprint density at radius 2 is 2.22 bits per heavy atom. The molecule has 90 valence electrons. The molecule has 0 spiro atoms. The first-order valence-electron chi connectivity index (χ1n) is 5.17. The van der Waals surface area contributed by atoms with Crippen LogP contribution in [0.3, 0.4) is 0 Å². The average molecular weight is 260 g/mol. The van der Waals surface area contributed by atoms with E-state index in [1.54, 1.807) is 18.4 Å². The fourth-order valence-corrected chi connectivity index (χ4v) is 2.19. The zero-order valence-electron chi connectivity index (χ0n) is 9.53. The lowest BCUT2D eigenvalue weighted by molar-refractivity contribution is 0.102. The Kier molecular flexibility index (Phi) is 3.40. The molecular formula is C13H9FN2OS. The van der Waals surface area contributed by atoms with Gasteiger partial charge in [0.2, 0.25) is 0 Å². The molecule has 0 unspecified atom stereocenters. The van der Waals surface area contributed by atoms with Gasteiger partial charge < -0.3 is 5.32 Å². The van der Waals surface area contributed by atoms with Gasteiger partial charge in [0.25, 0.3) is 5.91 Å². The van der Waals surface area contributed by atoms with Crippen LogP contribution in [0.25, 0.3) is 0 Å². The predicted molar refractivity (Wildman–Crippen MR) is 68.1 cm³/mol. The number of halogens is 1. The number of hydrogen-bond donors (Lipinski definition) is 1. The number of nitrogens with zero attached hydrogens (tertiary/aromatic N) is 1. The maximum absolute atomic E-state index is 13.1. The molecule has 0 aliphatic rings. The molecule has 2 rings (SSSR count). The summed E-state index contributed by atoms with van der Waals surface area (Å²) in [4.78, 5) is 11.9. The highest BCUT2D eigenvalue weighted by Gasteiger charge is 2.11. The first-order chi connectivity index (χ1) is 8.61. The van der Waals surface area contributed by atoms with Gasteiger partial charge in [0.15, 0.2) is 0 Å². The van der Waals surface area contributed by atoms with Crippen LogP contribution in [0.5, 0.6) is 0 Å². The topological polar surface area (TPSA) is 52.9 Å². The van der Waals surface area contributed by atoms with Crippen molar-refractivity contribution in [2.24, 2.45) is 0 Å². The molecule has 1 aromatic heterocycles. The quantitative estimate of drug-likeness (QED) is 0.900. The number of rotatable bonds is 2. The molecular weight excluding hydrogens is 251 g/mol. The Balaban J connectivity index is 2.23. The largest absolute Gasteiger partial charge is 0.312 e. The summed E-state index contributed by atoms with van der Waals surface area (Å²) in [6, 6.07) is 7.77. The summed E-state index contributed by atoms with van der Waals surface area (Å²) in [5.41, 5.74) is 1.20. The second-order valence-electron chi connectivity index (χ2n) is 3.69. The fraction of sp³-hybridized carbons (Fsp3) is 0.0769. The van der Waals surface area contributed by atoms with Gasteiger partial charge in [-0.2, -0.15) is 5.26 Å². The van der Waals surface area contributed by atoms with Crippen LogP contribution in [-0.2, 0) is 0 Å². The van der Waals surface area contributed by atoms with Gasteiger partial charge in [-0.15, -0.1) is 11.3 Å². The van der Waals surface area contributed by atoms with Gasteiger partial charge in [0.05, 0.1) is 5.56 Å². The van der Waals surface area contributed by atoms with Crippen LogP contribution in [0.1, 0.15) is 21.5 Å². The van der Waals surface area contributed by atoms with E-state index in [9.17, 15) is 9.18 Å². The number of amides is 1. The van der Waals surface area contributed by atoms with Gasteiger partial charge in [-0.05, 0) is 42.1 Å². The molecule has 2 aromatic rings. The van der Waals surface area contributed by atoms with Crippen molar-refractivity contribution >= 4 is 22.2 Å². The van der Waals surface area contributed by atoms with Gasteiger partial charge in [-0.3, -0.25) is 4.79 Å². The number of thiophene rings is 1. The zero-order valence-corrected chi connectivity index (χ0v) is 10.3. The van der Waals surface area contributed by atoms with Gasteiger partial charge in [-0.25, -0.2) is 4.39 Å². The number of anilines is 1. The van der Waals surface area contributed by atoms with Crippen molar-refractivity contribution in [3.8, 4) is 6.07 Å².